The topological polar surface area (TPSA) is 3.24 Å². The van der Waals surface area contributed by atoms with Crippen LogP contribution in [-0.2, 0) is 0 Å². The fourth-order valence-corrected chi connectivity index (χ4v) is 1.76. The number of hydrogen-bond acceptors (Lipinski definition) is 1. The van der Waals surface area contributed by atoms with Crippen molar-refractivity contribution in [2.75, 3.05) is 6.54 Å². The summed E-state index contributed by atoms with van der Waals surface area (Å²) in [6.45, 7) is 12.2. The lowest BCUT2D eigenvalue weighted by Gasteiger charge is -2.38. The molecule has 0 spiro atoms. The van der Waals surface area contributed by atoms with Crippen LogP contribution >= 0.6 is 0 Å². The van der Waals surface area contributed by atoms with Crippen LogP contribution in [0.5, 0.6) is 0 Å². The second-order valence-corrected chi connectivity index (χ2v) is 4.20. The van der Waals surface area contributed by atoms with Gasteiger partial charge in [0.25, 0.3) is 0 Å². The van der Waals surface area contributed by atoms with Crippen molar-refractivity contribution in [1.29, 1.82) is 0 Å². The zero-order valence-electron chi connectivity index (χ0n) is 8.64. The molecule has 1 rings (SSSR count). The van der Waals surface area contributed by atoms with Crippen molar-refractivity contribution in [1.82, 2.24) is 4.90 Å². The van der Waals surface area contributed by atoms with Crippen LogP contribution in [0.4, 0.5) is 0 Å². The zero-order valence-corrected chi connectivity index (χ0v) is 8.64. The molecule has 0 saturated carbocycles. The van der Waals surface area contributed by atoms with Gasteiger partial charge in [0.1, 0.15) is 0 Å². The molecule has 0 N–H and O–H groups in total. The van der Waals surface area contributed by atoms with E-state index in [1.54, 1.807) is 0 Å². The van der Waals surface area contributed by atoms with Gasteiger partial charge in [-0.25, -0.2) is 0 Å². The third-order valence-corrected chi connectivity index (χ3v) is 2.98. The fraction of sp³-hybridized carbons (Fsp3) is 0.818. The van der Waals surface area contributed by atoms with E-state index in [4.69, 9.17) is 0 Å². The third kappa shape index (κ3) is 2.02. The van der Waals surface area contributed by atoms with E-state index in [0.29, 0.717) is 6.04 Å². The molecule has 0 bridgehead atoms. The number of likely N-dealkylation sites (tertiary alicyclic amines) is 1. The summed E-state index contributed by atoms with van der Waals surface area (Å²) in [4.78, 5) is 2.48. The molecule has 0 amide bonds. The smallest absolute Gasteiger partial charge is 0.0281 e. The van der Waals surface area contributed by atoms with E-state index < -0.39 is 0 Å². The highest BCUT2D eigenvalue weighted by Crippen LogP contribution is 2.23. The highest BCUT2D eigenvalue weighted by Gasteiger charge is 2.20. The van der Waals surface area contributed by atoms with E-state index in [0.717, 1.165) is 5.92 Å². The van der Waals surface area contributed by atoms with E-state index >= 15 is 0 Å². The Hall–Kier alpha value is -0.460. The molecular weight excluding hydrogens is 146 g/mol. The van der Waals surface area contributed by atoms with Crippen molar-refractivity contribution in [3.63, 3.8) is 0 Å². The SMILES string of the molecule is C=C1CCCCN1[C@H](C)C(C)C. The van der Waals surface area contributed by atoms with Gasteiger partial charge in [-0.1, -0.05) is 20.4 Å². The summed E-state index contributed by atoms with van der Waals surface area (Å²) in [6, 6.07) is 0.665. The second-order valence-electron chi connectivity index (χ2n) is 4.20. The van der Waals surface area contributed by atoms with Crippen molar-refractivity contribution in [3.8, 4) is 0 Å². The van der Waals surface area contributed by atoms with Crippen LogP contribution in [0, 0.1) is 5.92 Å². The average Bonchev–Trinajstić information content (AvgIpc) is 2.04. The second kappa shape index (κ2) is 3.97. The van der Waals surface area contributed by atoms with Gasteiger partial charge in [0.15, 0.2) is 0 Å². The third-order valence-electron chi connectivity index (χ3n) is 2.98. The summed E-state index contributed by atoms with van der Waals surface area (Å²) in [6.07, 6.45) is 3.88. The van der Waals surface area contributed by atoms with Gasteiger partial charge < -0.3 is 4.90 Å². The first kappa shape index (κ1) is 9.63. The van der Waals surface area contributed by atoms with Gasteiger partial charge in [-0.3, -0.25) is 0 Å². The van der Waals surface area contributed by atoms with Crippen LogP contribution in [0.1, 0.15) is 40.0 Å². The minimum atomic E-state index is 0.665. The number of allylic oxidation sites excluding steroid dienone is 1. The Morgan fingerprint density at radius 3 is 2.42 bits per heavy atom. The van der Waals surface area contributed by atoms with Crippen LogP contribution in [0.3, 0.4) is 0 Å². The minimum absolute atomic E-state index is 0.665. The van der Waals surface area contributed by atoms with E-state index in [9.17, 15) is 0 Å². The maximum absolute atomic E-state index is 4.12. The molecule has 0 aromatic carbocycles. The molecule has 1 aliphatic heterocycles. The summed E-state index contributed by atoms with van der Waals surface area (Å²) in [5.41, 5.74) is 1.35. The first-order chi connectivity index (χ1) is 5.63. The molecule has 1 fully saturated rings. The lowest BCUT2D eigenvalue weighted by Crippen LogP contribution is -2.38. The Bertz CT molecular complexity index is 160. The average molecular weight is 167 g/mol. The number of piperidine rings is 1. The molecule has 0 aromatic rings. The highest BCUT2D eigenvalue weighted by molar-refractivity contribution is 4.99. The van der Waals surface area contributed by atoms with E-state index in [-0.39, 0.29) is 0 Å². The maximum Gasteiger partial charge on any atom is 0.0281 e. The van der Waals surface area contributed by atoms with Crippen molar-refractivity contribution in [3.05, 3.63) is 12.3 Å². The Morgan fingerprint density at radius 2 is 1.92 bits per heavy atom. The molecule has 1 saturated heterocycles. The van der Waals surface area contributed by atoms with Crippen LogP contribution < -0.4 is 0 Å². The first-order valence-corrected chi connectivity index (χ1v) is 5.07. The standard InChI is InChI=1S/C11H21N/c1-9(2)11(4)12-8-6-5-7-10(12)3/h9,11H,3,5-8H2,1-2,4H3/t11-/m1/s1. The van der Waals surface area contributed by atoms with Crippen LogP contribution in [0.25, 0.3) is 0 Å². The first-order valence-electron chi connectivity index (χ1n) is 5.07. The Kier molecular flexibility index (Phi) is 3.19. The number of rotatable bonds is 2. The summed E-state index contributed by atoms with van der Waals surface area (Å²) in [7, 11) is 0. The van der Waals surface area contributed by atoms with E-state index in [2.05, 4.69) is 32.3 Å². The predicted octanol–water partition coefficient (Wildman–Crippen LogP) is 3.03. The molecule has 1 aliphatic rings. The summed E-state index contributed by atoms with van der Waals surface area (Å²) >= 11 is 0. The van der Waals surface area contributed by atoms with Crippen molar-refractivity contribution >= 4 is 0 Å². The van der Waals surface area contributed by atoms with Gasteiger partial charge in [0.05, 0.1) is 0 Å². The number of nitrogens with zero attached hydrogens (tertiary/aromatic N) is 1. The summed E-state index contributed by atoms with van der Waals surface area (Å²) < 4.78 is 0. The molecule has 1 atom stereocenters. The molecular formula is C11H21N. The van der Waals surface area contributed by atoms with Gasteiger partial charge in [-0.05, 0) is 32.1 Å². The van der Waals surface area contributed by atoms with Crippen molar-refractivity contribution in [2.45, 2.75) is 46.1 Å². The largest absolute Gasteiger partial charge is 0.372 e. The number of hydrogen-bond donors (Lipinski definition) is 0. The molecule has 70 valence electrons. The Morgan fingerprint density at radius 1 is 1.25 bits per heavy atom. The molecule has 0 unspecified atom stereocenters. The Labute approximate surface area is 76.5 Å². The van der Waals surface area contributed by atoms with Crippen molar-refractivity contribution < 1.29 is 0 Å². The lowest BCUT2D eigenvalue weighted by atomic mass is 9.99. The quantitative estimate of drug-likeness (QED) is 0.611. The van der Waals surface area contributed by atoms with Gasteiger partial charge in [0.2, 0.25) is 0 Å². The van der Waals surface area contributed by atoms with E-state index in [1.807, 2.05) is 0 Å². The normalized spacial score (nSPS) is 21.7. The molecule has 1 heterocycles. The Balaban J connectivity index is 2.53. The van der Waals surface area contributed by atoms with Crippen molar-refractivity contribution in [2.24, 2.45) is 5.92 Å². The van der Waals surface area contributed by atoms with Crippen LogP contribution in [0.15, 0.2) is 12.3 Å². The van der Waals surface area contributed by atoms with Gasteiger partial charge in [0, 0.05) is 18.3 Å². The van der Waals surface area contributed by atoms with Crippen LogP contribution in [-0.4, -0.2) is 17.5 Å². The lowest BCUT2D eigenvalue weighted by molar-refractivity contribution is 0.188. The fourth-order valence-electron chi connectivity index (χ4n) is 1.76. The summed E-state index contributed by atoms with van der Waals surface area (Å²) in [5.74, 6) is 0.736. The highest BCUT2D eigenvalue weighted by atomic mass is 15.2. The predicted molar refractivity (Wildman–Crippen MR) is 54.0 cm³/mol. The molecule has 1 heteroatoms. The van der Waals surface area contributed by atoms with E-state index in [1.165, 1.54) is 31.5 Å². The monoisotopic (exact) mass is 167 g/mol. The van der Waals surface area contributed by atoms with Gasteiger partial charge in [-0.15, -0.1) is 0 Å². The summed E-state index contributed by atoms with van der Waals surface area (Å²) in [5, 5.41) is 0. The molecule has 0 radical (unpaired) electrons. The van der Waals surface area contributed by atoms with Gasteiger partial charge in [-0.2, -0.15) is 0 Å². The van der Waals surface area contributed by atoms with Crippen LogP contribution in [0.2, 0.25) is 0 Å². The zero-order chi connectivity index (χ0) is 9.14. The molecule has 12 heavy (non-hydrogen) atoms. The maximum atomic E-state index is 4.12. The molecule has 1 nitrogen and oxygen atoms in total. The molecule has 0 aromatic heterocycles. The molecule has 0 aliphatic carbocycles. The van der Waals surface area contributed by atoms with Gasteiger partial charge >= 0.3 is 0 Å². The minimum Gasteiger partial charge on any atom is -0.372 e.